The van der Waals surface area contributed by atoms with Gasteiger partial charge in [0.25, 0.3) is 11.8 Å². The fourth-order valence-electron chi connectivity index (χ4n) is 3.45. The molecule has 1 aliphatic heterocycles. The van der Waals surface area contributed by atoms with Crippen LogP contribution >= 0.6 is 0 Å². The van der Waals surface area contributed by atoms with Crippen LogP contribution in [0.3, 0.4) is 0 Å². The number of anilines is 2. The number of carbonyl (C=O) groups excluding carboxylic acids is 3. The van der Waals surface area contributed by atoms with Gasteiger partial charge in [0, 0.05) is 37.5 Å². The van der Waals surface area contributed by atoms with Crippen LogP contribution < -0.4 is 20.3 Å². The summed E-state index contributed by atoms with van der Waals surface area (Å²) < 4.78 is 5.34. The minimum Gasteiger partial charge on any atom is -0.482 e. The second-order valence-electron chi connectivity index (χ2n) is 7.67. The highest BCUT2D eigenvalue weighted by Gasteiger charge is 2.21. The lowest BCUT2D eigenvalue weighted by atomic mass is 9.97. The van der Waals surface area contributed by atoms with Crippen molar-refractivity contribution < 1.29 is 19.1 Å². The molecule has 7 heteroatoms. The maximum absolute atomic E-state index is 13.2. The number of ketones is 1. The predicted octanol–water partition coefficient (Wildman–Crippen LogP) is 3.24. The fraction of sp³-hybridized carbons (Fsp3) is 0.160. The number of hydrogen-bond donors (Lipinski definition) is 2. The van der Waals surface area contributed by atoms with E-state index in [1.54, 1.807) is 42.5 Å². The van der Waals surface area contributed by atoms with Gasteiger partial charge in [0.2, 0.25) is 0 Å². The number of rotatable bonds is 6. The molecule has 2 amide bonds. The molecule has 3 aromatic rings. The van der Waals surface area contributed by atoms with Gasteiger partial charge in [0.1, 0.15) is 5.75 Å². The van der Waals surface area contributed by atoms with E-state index in [0.29, 0.717) is 29.1 Å². The molecule has 162 valence electrons. The molecule has 32 heavy (non-hydrogen) atoms. The van der Waals surface area contributed by atoms with E-state index < -0.39 is 0 Å². The maximum Gasteiger partial charge on any atom is 0.262 e. The van der Waals surface area contributed by atoms with Crippen LogP contribution in [0.5, 0.6) is 5.75 Å². The van der Waals surface area contributed by atoms with Crippen molar-refractivity contribution in [3.05, 3.63) is 89.0 Å². The Morgan fingerprint density at radius 2 is 1.72 bits per heavy atom. The van der Waals surface area contributed by atoms with Gasteiger partial charge in [-0.3, -0.25) is 14.4 Å². The van der Waals surface area contributed by atoms with Crippen LogP contribution in [0.2, 0.25) is 0 Å². The highest BCUT2D eigenvalue weighted by Crippen LogP contribution is 2.29. The van der Waals surface area contributed by atoms with Gasteiger partial charge in [-0.15, -0.1) is 0 Å². The van der Waals surface area contributed by atoms with Gasteiger partial charge in [0.05, 0.1) is 11.3 Å². The summed E-state index contributed by atoms with van der Waals surface area (Å²) in [5.41, 5.74) is 3.40. The molecular formula is C25H23N3O4. The number of nitrogens with one attached hydrogen (secondary N) is 2. The molecule has 0 saturated heterocycles. The van der Waals surface area contributed by atoms with Gasteiger partial charge >= 0.3 is 0 Å². The number of fused-ring (bicyclic) bond motifs is 1. The molecular weight excluding hydrogens is 406 g/mol. The molecule has 1 aliphatic rings. The third-order valence-electron chi connectivity index (χ3n) is 5.20. The van der Waals surface area contributed by atoms with E-state index in [-0.39, 0.29) is 29.8 Å². The van der Waals surface area contributed by atoms with Crippen molar-refractivity contribution in [2.24, 2.45) is 0 Å². The van der Waals surface area contributed by atoms with Crippen molar-refractivity contribution >= 4 is 29.0 Å². The Bertz CT molecular complexity index is 1190. The van der Waals surface area contributed by atoms with Crippen molar-refractivity contribution in [1.82, 2.24) is 5.32 Å². The monoisotopic (exact) mass is 429 g/mol. The number of amides is 2. The molecule has 2 N–H and O–H groups in total. The van der Waals surface area contributed by atoms with Crippen molar-refractivity contribution in [2.75, 3.05) is 30.9 Å². The van der Waals surface area contributed by atoms with E-state index in [4.69, 9.17) is 4.74 Å². The van der Waals surface area contributed by atoms with E-state index in [0.717, 1.165) is 11.3 Å². The number of benzene rings is 3. The van der Waals surface area contributed by atoms with Gasteiger partial charge < -0.3 is 20.3 Å². The Morgan fingerprint density at radius 3 is 2.44 bits per heavy atom. The van der Waals surface area contributed by atoms with Gasteiger partial charge in [-0.1, -0.05) is 30.3 Å². The summed E-state index contributed by atoms with van der Waals surface area (Å²) >= 11 is 0. The maximum atomic E-state index is 13.2. The first kappa shape index (κ1) is 21.1. The van der Waals surface area contributed by atoms with Gasteiger partial charge in [-0.2, -0.15) is 0 Å². The zero-order chi connectivity index (χ0) is 22.7. The molecule has 0 bridgehead atoms. The quantitative estimate of drug-likeness (QED) is 0.588. The summed E-state index contributed by atoms with van der Waals surface area (Å²) in [7, 11) is 3.93. The summed E-state index contributed by atoms with van der Waals surface area (Å²) in [6.45, 7) is 0.290. The first-order valence-electron chi connectivity index (χ1n) is 10.2. The summed E-state index contributed by atoms with van der Waals surface area (Å²) in [4.78, 5) is 39.6. The summed E-state index contributed by atoms with van der Waals surface area (Å²) in [6, 6.07) is 19.4. The normalized spacial score (nSPS) is 12.2. The average molecular weight is 429 g/mol. The summed E-state index contributed by atoms with van der Waals surface area (Å²) in [5, 5.41) is 5.58. The van der Waals surface area contributed by atoms with Crippen LogP contribution in [0.15, 0.2) is 66.7 Å². The van der Waals surface area contributed by atoms with Crippen LogP contribution in [0.4, 0.5) is 11.4 Å². The SMILES string of the molecule is CN(C)c1ccc(CNC(=O)c2ccccc2C(=O)c2ccc3c(c2)NC(=O)CO3)cc1. The average Bonchev–Trinajstić information content (AvgIpc) is 2.81. The lowest BCUT2D eigenvalue weighted by Gasteiger charge is -2.18. The van der Waals surface area contributed by atoms with E-state index in [9.17, 15) is 14.4 Å². The largest absolute Gasteiger partial charge is 0.482 e. The number of ether oxygens (including phenoxy) is 1. The summed E-state index contributed by atoms with van der Waals surface area (Å²) in [6.07, 6.45) is 0. The third-order valence-corrected chi connectivity index (χ3v) is 5.20. The molecule has 1 heterocycles. The topological polar surface area (TPSA) is 87.7 Å². The van der Waals surface area contributed by atoms with E-state index in [1.165, 1.54) is 0 Å². The molecule has 0 aliphatic carbocycles. The molecule has 0 aromatic heterocycles. The Hall–Kier alpha value is -4.13. The van der Waals surface area contributed by atoms with Crippen molar-refractivity contribution in [2.45, 2.75) is 6.54 Å². The molecule has 7 nitrogen and oxygen atoms in total. The number of nitrogens with zero attached hydrogens (tertiary/aromatic N) is 1. The Balaban J connectivity index is 1.52. The lowest BCUT2D eigenvalue weighted by molar-refractivity contribution is -0.118. The molecule has 0 unspecified atom stereocenters. The molecule has 0 spiro atoms. The standard InChI is InChI=1S/C25H23N3O4/c1-28(2)18-10-7-16(8-11-18)14-26-25(31)20-6-4-3-5-19(20)24(30)17-9-12-22-21(13-17)27-23(29)15-32-22/h3-13H,14-15H2,1-2H3,(H,26,31)(H,27,29). The third kappa shape index (κ3) is 4.46. The van der Waals surface area contributed by atoms with E-state index in [1.807, 2.05) is 43.3 Å². The minimum atomic E-state index is -0.333. The van der Waals surface area contributed by atoms with E-state index >= 15 is 0 Å². The highest BCUT2D eigenvalue weighted by molar-refractivity contribution is 6.16. The smallest absolute Gasteiger partial charge is 0.262 e. The Kier molecular flexibility index (Phi) is 5.89. The zero-order valence-corrected chi connectivity index (χ0v) is 17.8. The van der Waals surface area contributed by atoms with Crippen molar-refractivity contribution in [3.8, 4) is 5.75 Å². The molecule has 4 rings (SSSR count). The van der Waals surface area contributed by atoms with Gasteiger partial charge in [-0.05, 0) is 42.0 Å². The van der Waals surface area contributed by atoms with Crippen LogP contribution in [-0.2, 0) is 11.3 Å². The van der Waals surface area contributed by atoms with Gasteiger partial charge in [-0.25, -0.2) is 0 Å². The number of hydrogen-bond acceptors (Lipinski definition) is 5. The van der Waals surface area contributed by atoms with Crippen LogP contribution in [0.1, 0.15) is 31.8 Å². The van der Waals surface area contributed by atoms with Crippen LogP contribution in [0.25, 0.3) is 0 Å². The summed E-state index contributed by atoms with van der Waals surface area (Å²) in [5.74, 6) is -0.415. The van der Waals surface area contributed by atoms with Crippen molar-refractivity contribution in [1.29, 1.82) is 0 Å². The fourth-order valence-corrected chi connectivity index (χ4v) is 3.45. The van der Waals surface area contributed by atoms with Gasteiger partial charge in [0.15, 0.2) is 12.4 Å². The predicted molar refractivity (Wildman–Crippen MR) is 122 cm³/mol. The molecule has 0 radical (unpaired) electrons. The zero-order valence-electron chi connectivity index (χ0n) is 17.8. The molecule has 0 saturated carbocycles. The first-order chi connectivity index (χ1) is 15.4. The minimum absolute atomic E-state index is 0.0544. The highest BCUT2D eigenvalue weighted by atomic mass is 16.5. The Labute approximate surface area is 186 Å². The Morgan fingerprint density at radius 1 is 1.00 bits per heavy atom. The first-order valence-corrected chi connectivity index (χ1v) is 10.2. The molecule has 0 atom stereocenters. The second-order valence-corrected chi connectivity index (χ2v) is 7.67. The van der Waals surface area contributed by atoms with Crippen LogP contribution in [0, 0.1) is 0 Å². The number of carbonyl (C=O) groups is 3. The van der Waals surface area contributed by atoms with Crippen molar-refractivity contribution in [3.63, 3.8) is 0 Å². The van der Waals surface area contributed by atoms with Crippen LogP contribution in [-0.4, -0.2) is 38.3 Å². The second kappa shape index (κ2) is 8.93. The lowest BCUT2D eigenvalue weighted by Crippen LogP contribution is -2.26. The van der Waals surface area contributed by atoms with E-state index in [2.05, 4.69) is 10.6 Å². The molecule has 3 aromatic carbocycles. The molecule has 0 fully saturated rings.